The van der Waals surface area contributed by atoms with Gasteiger partial charge in [-0.1, -0.05) is 12.1 Å². The number of aromatic amines is 1. The van der Waals surface area contributed by atoms with Gasteiger partial charge in [0.25, 0.3) is 0 Å². The van der Waals surface area contributed by atoms with Crippen molar-refractivity contribution < 1.29 is 14.6 Å². The number of hydrogen-bond donors (Lipinski definition) is 2. The van der Waals surface area contributed by atoms with Crippen molar-refractivity contribution in [2.45, 2.75) is 0 Å². The summed E-state index contributed by atoms with van der Waals surface area (Å²) in [5, 5.41) is 17.4. The maximum atomic E-state index is 11.4. The number of aromatic nitrogens is 5. The van der Waals surface area contributed by atoms with Gasteiger partial charge in [-0.3, -0.25) is 5.10 Å². The molecule has 4 heterocycles. The number of nitrogens with one attached hydrogen (secondary N) is 1. The van der Waals surface area contributed by atoms with E-state index in [1.807, 2.05) is 18.2 Å². The van der Waals surface area contributed by atoms with E-state index in [0.717, 1.165) is 22.2 Å². The van der Waals surface area contributed by atoms with E-state index in [0.29, 0.717) is 37.8 Å². The first-order valence-corrected chi connectivity index (χ1v) is 8.59. The Kier molecular flexibility index (Phi) is 3.54. The van der Waals surface area contributed by atoms with Gasteiger partial charge < -0.3 is 19.1 Å². The molecule has 2 N–H and O–H groups in total. The first-order chi connectivity index (χ1) is 13.2. The molecule has 3 aromatic heterocycles. The van der Waals surface area contributed by atoms with Crippen LogP contribution in [-0.4, -0.2) is 61.9 Å². The third-order valence-corrected chi connectivity index (χ3v) is 4.71. The highest BCUT2D eigenvalue weighted by atomic mass is 16.5. The van der Waals surface area contributed by atoms with E-state index in [9.17, 15) is 9.90 Å². The Morgan fingerprint density at radius 1 is 1.19 bits per heavy atom. The highest BCUT2D eigenvalue weighted by Gasteiger charge is 2.21. The van der Waals surface area contributed by atoms with Gasteiger partial charge in [0.1, 0.15) is 0 Å². The number of aromatic carboxylic acids is 1. The highest BCUT2D eigenvalue weighted by Crippen LogP contribution is 2.30. The summed E-state index contributed by atoms with van der Waals surface area (Å²) in [6, 6.07) is 5.86. The summed E-state index contributed by atoms with van der Waals surface area (Å²) in [7, 11) is 0. The second kappa shape index (κ2) is 6.06. The topological polar surface area (TPSA) is 109 Å². The number of morpholine rings is 1. The largest absolute Gasteiger partial charge is 0.476 e. The molecule has 0 aliphatic carbocycles. The molecule has 1 saturated heterocycles. The van der Waals surface area contributed by atoms with Crippen LogP contribution in [0.5, 0.6) is 0 Å². The van der Waals surface area contributed by atoms with Crippen LogP contribution in [0.3, 0.4) is 0 Å². The molecule has 4 aromatic rings. The first kappa shape index (κ1) is 15.8. The molecule has 0 radical (unpaired) electrons. The van der Waals surface area contributed by atoms with Gasteiger partial charge in [0.15, 0.2) is 17.2 Å². The van der Waals surface area contributed by atoms with E-state index in [1.54, 1.807) is 16.8 Å². The smallest absolute Gasteiger partial charge is 0.356 e. The summed E-state index contributed by atoms with van der Waals surface area (Å²) in [5.41, 5.74) is 3.08. The maximum Gasteiger partial charge on any atom is 0.356 e. The normalized spacial score (nSPS) is 14.9. The summed E-state index contributed by atoms with van der Waals surface area (Å²) in [5.74, 6) is -0.408. The SMILES string of the molecule is O=C(O)c1cn2cc(-c3cccc4[nH]ncc34)nc(N3CCOCC3)c2n1. The number of H-pyrrole nitrogens is 1. The number of imidazole rings is 1. The molecule has 1 aromatic carbocycles. The molecule has 9 heteroatoms. The van der Waals surface area contributed by atoms with Crippen LogP contribution >= 0.6 is 0 Å². The summed E-state index contributed by atoms with van der Waals surface area (Å²) < 4.78 is 7.17. The Morgan fingerprint density at radius 3 is 2.85 bits per heavy atom. The number of nitrogens with zero attached hydrogens (tertiary/aromatic N) is 5. The average Bonchev–Trinajstić information content (AvgIpc) is 3.34. The van der Waals surface area contributed by atoms with Crippen LogP contribution in [0.4, 0.5) is 5.82 Å². The van der Waals surface area contributed by atoms with E-state index in [4.69, 9.17) is 9.72 Å². The molecule has 5 rings (SSSR count). The quantitative estimate of drug-likeness (QED) is 0.571. The van der Waals surface area contributed by atoms with Crippen molar-refractivity contribution in [3.63, 3.8) is 0 Å². The van der Waals surface area contributed by atoms with Crippen molar-refractivity contribution in [1.82, 2.24) is 24.6 Å². The minimum absolute atomic E-state index is 0.00928. The van der Waals surface area contributed by atoms with Gasteiger partial charge in [-0.15, -0.1) is 0 Å². The first-order valence-electron chi connectivity index (χ1n) is 8.59. The van der Waals surface area contributed by atoms with Crippen LogP contribution in [0, 0.1) is 0 Å². The van der Waals surface area contributed by atoms with E-state index >= 15 is 0 Å². The van der Waals surface area contributed by atoms with Crippen LogP contribution < -0.4 is 4.90 Å². The fourth-order valence-corrected chi connectivity index (χ4v) is 3.39. The molecule has 1 aliphatic rings. The molecule has 1 aliphatic heterocycles. The second-order valence-electron chi connectivity index (χ2n) is 6.35. The number of fused-ring (bicyclic) bond motifs is 2. The van der Waals surface area contributed by atoms with Crippen molar-refractivity contribution in [1.29, 1.82) is 0 Å². The summed E-state index contributed by atoms with van der Waals surface area (Å²) in [6.07, 6.45) is 5.09. The minimum atomic E-state index is -1.06. The molecule has 0 spiro atoms. The zero-order valence-corrected chi connectivity index (χ0v) is 14.3. The second-order valence-corrected chi connectivity index (χ2v) is 6.35. The van der Waals surface area contributed by atoms with E-state index in [1.165, 1.54) is 6.20 Å². The number of carboxylic acid groups (broad SMARTS) is 1. The minimum Gasteiger partial charge on any atom is -0.476 e. The molecule has 9 nitrogen and oxygen atoms in total. The van der Waals surface area contributed by atoms with Crippen molar-refractivity contribution in [3.05, 3.63) is 42.5 Å². The fraction of sp³-hybridized carbons (Fsp3) is 0.222. The Hall–Kier alpha value is -3.46. The van der Waals surface area contributed by atoms with Crippen molar-refractivity contribution >= 4 is 28.3 Å². The lowest BCUT2D eigenvalue weighted by molar-refractivity contribution is 0.0691. The molecule has 0 atom stereocenters. The van der Waals surface area contributed by atoms with Gasteiger partial charge in [-0.05, 0) is 6.07 Å². The van der Waals surface area contributed by atoms with Gasteiger partial charge in [0.2, 0.25) is 0 Å². The fourth-order valence-electron chi connectivity index (χ4n) is 3.39. The number of carboxylic acids is 1. The monoisotopic (exact) mass is 364 g/mol. The van der Waals surface area contributed by atoms with Crippen LogP contribution in [0.2, 0.25) is 0 Å². The van der Waals surface area contributed by atoms with Crippen LogP contribution in [0.15, 0.2) is 36.8 Å². The lowest BCUT2D eigenvalue weighted by atomic mass is 10.1. The molecular weight excluding hydrogens is 348 g/mol. The maximum absolute atomic E-state index is 11.4. The van der Waals surface area contributed by atoms with E-state index in [2.05, 4.69) is 20.1 Å². The molecule has 1 fully saturated rings. The Balaban J connectivity index is 1.75. The number of rotatable bonds is 3. The zero-order chi connectivity index (χ0) is 18.4. The van der Waals surface area contributed by atoms with Crippen LogP contribution in [0.1, 0.15) is 10.5 Å². The number of ether oxygens (including phenoxy) is 1. The predicted molar refractivity (Wildman–Crippen MR) is 98.1 cm³/mol. The van der Waals surface area contributed by atoms with Gasteiger partial charge in [0, 0.05) is 36.4 Å². The van der Waals surface area contributed by atoms with E-state index in [-0.39, 0.29) is 5.69 Å². The third-order valence-electron chi connectivity index (χ3n) is 4.71. The Bertz CT molecular complexity index is 1160. The number of carbonyl (C=O) groups is 1. The summed E-state index contributed by atoms with van der Waals surface area (Å²) in [6.45, 7) is 2.55. The Labute approximate surface area is 153 Å². The highest BCUT2D eigenvalue weighted by molar-refractivity contribution is 5.94. The molecule has 27 heavy (non-hydrogen) atoms. The van der Waals surface area contributed by atoms with Crippen LogP contribution in [-0.2, 0) is 4.74 Å². The summed E-state index contributed by atoms with van der Waals surface area (Å²) >= 11 is 0. The number of hydrogen-bond acceptors (Lipinski definition) is 6. The summed E-state index contributed by atoms with van der Waals surface area (Å²) in [4.78, 5) is 22.6. The standard InChI is InChI=1S/C18H16N6O3/c25-18(26)15-10-24-9-14(11-2-1-3-13-12(11)8-19-22-13)20-16(17(24)21-15)23-4-6-27-7-5-23/h1-3,8-10H,4-7H2,(H,19,22)(H,25,26). The molecule has 0 unspecified atom stereocenters. The molecule has 136 valence electrons. The number of benzene rings is 1. The van der Waals surface area contributed by atoms with E-state index < -0.39 is 5.97 Å². The molecule has 0 amide bonds. The molecule has 0 saturated carbocycles. The average molecular weight is 364 g/mol. The van der Waals surface area contributed by atoms with Gasteiger partial charge in [-0.2, -0.15) is 5.10 Å². The third kappa shape index (κ3) is 2.59. The molecular formula is C18H16N6O3. The number of anilines is 1. The van der Waals surface area contributed by atoms with Gasteiger partial charge in [-0.25, -0.2) is 14.8 Å². The van der Waals surface area contributed by atoms with Gasteiger partial charge in [0.05, 0.1) is 30.6 Å². The van der Waals surface area contributed by atoms with Crippen molar-refractivity contribution in [2.24, 2.45) is 0 Å². The van der Waals surface area contributed by atoms with Crippen molar-refractivity contribution in [3.8, 4) is 11.3 Å². The lowest BCUT2D eigenvalue weighted by Crippen LogP contribution is -2.37. The molecule has 0 bridgehead atoms. The zero-order valence-electron chi connectivity index (χ0n) is 14.3. The Morgan fingerprint density at radius 2 is 2.04 bits per heavy atom. The van der Waals surface area contributed by atoms with Crippen molar-refractivity contribution in [2.75, 3.05) is 31.2 Å². The van der Waals surface area contributed by atoms with Crippen LogP contribution in [0.25, 0.3) is 27.8 Å². The lowest BCUT2D eigenvalue weighted by Gasteiger charge is -2.28. The van der Waals surface area contributed by atoms with Gasteiger partial charge >= 0.3 is 5.97 Å². The predicted octanol–water partition coefficient (Wildman–Crippen LogP) is 1.81.